The third-order valence-electron chi connectivity index (χ3n) is 1.82. The zero-order chi connectivity index (χ0) is 15.4. The Morgan fingerprint density at radius 3 is 1.47 bits per heavy atom. The lowest BCUT2D eigenvalue weighted by Gasteiger charge is -1.74. The molecule has 0 spiro atoms. The van der Waals surface area contributed by atoms with Gasteiger partial charge in [0.05, 0.1) is 6.10 Å². The normalized spacial score (nSPS) is 20.1. The van der Waals surface area contributed by atoms with Gasteiger partial charge in [-0.05, 0) is 40.7 Å². The fourth-order valence-electron chi connectivity index (χ4n) is 0.990. The van der Waals surface area contributed by atoms with E-state index in [9.17, 15) is 14.4 Å². The van der Waals surface area contributed by atoms with E-state index < -0.39 is 5.97 Å². The summed E-state index contributed by atoms with van der Waals surface area (Å²) in [6.07, 6.45) is 5.93. The SMILES string of the molecule is C/C=C/C(=O)O.C/C=C/C(C)=O.CC(=O)C1OC1C. The van der Waals surface area contributed by atoms with Crippen LogP contribution >= 0.6 is 0 Å². The molecule has 108 valence electrons. The first kappa shape index (κ1) is 19.6. The number of ketones is 2. The molecule has 5 heteroatoms. The van der Waals surface area contributed by atoms with Crippen LogP contribution in [-0.2, 0) is 19.1 Å². The number of carboxylic acid groups (broad SMARTS) is 1. The van der Waals surface area contributed by atoms with Crippen LogP contribution in [0.3, 0.4) is 0 Å². The number of aliphatic carboxylic acids is 1. The molecule has 0 aromatic heterocycles. The van der Waals surface area contributed by atoms with Crippen molar-refractivity contribution in [3.05, 3.63) is 24.3 Å². The van der Waals surface area contributed by atoms with E-state index >= 15 is 0 Å². The number of Topliss-reactive ketones (excluding diaryl/α,β-unsaturated/α-hetero) is 1. The summed E-state index contributed by atoms with van der Waals surface area (Å²) >= 11 is 0. The second-order valence-corrected chi connectivity index (χ2v) is 3.82. The van der Waals surface area contributed by atoms with E-state index in [0.29, 0.717) is 0 Å². The van der Waals surface area contributed by atoms with Crippen molar-refractivity contribution in [2.75, 3.05) is 0 Å². The molecular weight excluding hydrogens is 248 g/mol. The maximum absolute atomic E-state index is 10.3. The molecule has 0 saturated carbocycles. The molecule has 1 N–H and O–H groups in total. The van der Waals surface area contributed by atoms with Gasteiger partial charge in [0.15, 0.2) is 11.6 Å². The Kier molecular flexibility index (Phi) is 11.7. The summed E-state index contributed by atoms with van der Waals surface area (Å²) in [5.41, 5.74) is 0. The van der Waals surface area contributed by atoms with Gasteiger partial charge >= 0.3 is 5.97 Å². The minimum atomic E-state index is -0.891. The lowest BCUT2D eigenvalue weighted by Crippen LogP contribution is -2.01. The molecule has 0 amide bonds. The molecule has 19 heavy (non-hydrogen) atoms. The molecule has 1 rings (SSSR count). The number of rotatable bonds is 3. The molecule has 0 bridgehead atoms. The number of epoxide rings is 1. The fourth-order valence-corrected chi connectivity index (χ4v) is 0.990. The Hall–Kier alpha value is -1.75. The van der Waals surface area contributed by atoms with Crippen molar-refractivity contribution in [2.45, 2.75) is 46.8 Å². The number of hydrogen-bond acceptors (Lipinski definition) is 4. The zero-order valence-electron chi connectivity index (χ0n) is 12.0. The Morgan fingerprint density at radius 1 is 1.05 bits per heavy atom. The quantitative estimate of drug-likeness (QED) is 0.627. The monoisotopic (exact) mass is 270 g/mol. The minimum absolute atomic E-state index is 0.0694. The molecule has 1 saturated heterocycles. The molecule has 5 nitrogen and oxygen atoms in total. The highest BCUT2D eigenvalue weighted by molar-refractivity contribution is 5.87. The zero-order valence-corrected chi connectivity index (χ0v) is 12.0. The van der Waals surface area contributed by atoms with E-state index in [4.69, 9.17) is 9.84 Å². The van der Waals surface area contributed by atoms with Gasteiger partial charge in [0.25, 0.3) is 0 Å². The van der Waals surface area contributed by atoms with Crippen LogP contribution in [0.5, 0.6) is 0 Å². The van der Waals surface area contributed by atoms with Gasteiger partial charge in [-0.15, -0.1) is 0 Å². The molecule has 1 fully saturated rings. The summed E-state index contributed by atoms with van der Waals surface area (Å²) in [7, 11) is 0. The van der Waals surface area contributed by atoms with Crippen molar-refractivity contribution in [3.8, 4) is 0 Å². The van der Waals surface area contributed by atoms with Gasteiger partial charge in [-0.2, -0.15) is 0 Å². The van der Waals surface area contributed by atoms with Crippen molar-refractivity contribution in [1.82, 2.24) is 0 Å². The lowest BCUT2D eigenvalue weighted by molar-refractivity contribution is -0.131. The molecule has 0 aromatic carbocycles. The van der Waals surface area contributed by atoms with Gasteiger partial charge in [-0.1, -0.05) is 12.2 Å². The summed E-state index contributed by atoms with van der Waals surface area (Å²) < 4.78 is 4.83. The van der Waals surface area contributed by atoms with Crippen LogP contribution in [-0.4, -0.2) is 34.9 Å². The van der Waals surface area contributed by atoms with Gasteiger partial charge in [0, 0.05) is 6.08 Å². The van der Waals surface area contributed by atoms with Crippen LogP contribution in [0.2, 0.25) is 0 Å². The first-order valence-corrected chi connectivity index (χ1v) is 5.91. The molecule has 2 unspecified atom stereocenters. The lowest BCUT2D eigenvalue weighted by atomic mass is 10.3. The molecule has 0 aliphatic carbocycles. The van der Waals surface area contributed by atoms with E-state index in [-0.39, 0.29) is 23.8 Å². The average molecular weight is 270 g/mol. The number of ether oxygens (including phenoxy) is 1. The maximum atomic E-state index is 10.3. The second-order valence-electron chi connectivity index (χ2n) is 3.82. The average Bonchev–Trinajstić information content (AvgIpc) is 2.97. The van der Waals surface area contributed by atoms with Crippen LogP contribution in [0, 0.1) is 0 Å². The molecule has 2 atom stereocenters. The number of carboxylic acids is 1. The third kappa shape index (κ3) is 16.2. The van der Waals surface area contributed by atoms with Crippen LogP contribution in [0.1, 0.15) is 34.6 Å². The van der Waals surface area contributed by atoms with Crippen LogP contribution in [0.15, 0.2) is 24.3 Å². The van der Waals surface area contributed by atoms with Gasteiger partial charge in [0.2, 0.25) is 0 Å². The molecule has 0 radical (unpaired) electrons. The molecule has 1 aliphatic heterocycles. The predicted molar refractivity (Wildman–Crippen MR) is 73.0 cm³/mol. The second kappa shape index (κ2) is 11.3. The highest BCUT2D eigenvalue weighted by Gasteiger charge is 2.37. The van der Waals surface area contributed by atoms with E-state index in [1.54, 1.807) is 19.9 Å². The number of allylic oxidation sites excluding steroid dienone is 3. The number of carbonyl (C=O) groups excluding carboxylic acids is 2. The Bertz CT molecular complexity index is 333. The van der Waals surface area contributed by atoms with Crippen molar-refractivity contribution >= 4 is 17.5 Å². The van der Waals surface area contributed by atoms with E-state index in [1.165, 1.54) is 19.1 Å². The Labute approximate surface area is 114 Å². The van der Waals surface area contributed by atoms with Gasteiger partial charge in [0.1, 0.15) is 6.10 Å². The molecule has 1 aliphatic rings. The predicted octanol–water partition coefficient (Wildman–Crippen LogP) is 2.16. The topological polar surface area (TPSA) is 84.0 Å². The fraction of sp³-hybridized carbons (Fsp3) is 0.500. The minimum Gasteiger partial charge on any atom is -0.478 e. The van der Waals surface area contributed by atoms with Crippen LogP contribution < -0.4 is 0 Å². The largest absolute Gasteiger partial charge is 0.478 e. The molecule has 0 aromatic rings. The highest BCUT2D eigenvalue weighted by atomic mass is 16.6. The standard InChI is InChI=1S/C5H8O2.C5H8O.C4H6O2/c1-3(6)5-4(2)7-5;1-3-4-5(2)6;1-2-3-4(5)6/h4-5H,1-2H3;3-4H,1-2H3;2-3H,1H3,(H,5,6)/b;4-3+;3-2+. The first-order chi connectivity index (χ1) is 8.76. The van der Waals surface area contributed by atoms with E-state index in [1.807, 2.05) is 13.8 Å². The molecule has 1 heterocycles. The summed E-state index contributed by atoms with van der Waals surface area (Å²) in [6.45, 7) is 8.45. The van der Waals surface area contributed by atoms with Crippen molar-refractivity contribution in [3.63, 3.8) is 0 Å². The first-order valence-electron chi connectivity index (χ1n) is 5.91. The van der Waals surface area contributed by atoms with Crippen molar-refractivity contribution in [1.29, 1.82) is 0 Å². The van der Waals surface area contributed by atoms with Gasteiger partial charge < -0.3 is 9.84 Å². The number of hydrogen-bond donors (Lipinski definition) is 1. The van der Waals surface area contributed by atoms with Crippen LogP contribution in [0.25, 0.3) is 0 Å². The maximum Gasteiger partial charge on any atom is 0.327 e. The van der Waals surface area contributed by atoms with Crippen molar-refractivity contribution in [2.24, 2.45) is 0 Å². The van der Waals surface area contributed by atoms with Crippen LogP contribution in [0.4, 0.5) is 0 Å². The van der Waals surface area contributed by atoms with E-state index in [2.05, 4.69) is 0 Å². The summed E-state index contributed by atoms with van der Waals surface area (Å²) in [5.74, 6) is -0.637. The van der Waals surface area contributed by atoms with E-state index in [0.717, 1.165) is 6.08 Å². The Morgan fingerprint density at radius 2 is 1.47 bits per heavy atom. The van der Waals surface area contributed by atoms with Gasteiger partial charge in [-0.25, -0.2) is 4.79 Å². The molecular formula is C14H22O5. The smallest absolute Gasteiger partial charge is 0.327 e. The summed E-state index contributed by atoms with van der Waals surface area (Å²) in [4.78, 5) is 29.8. The summed E-state index contributed by atoms with van der Waals surface area (Å²) in [6, 6.07) is 0. The van der Waals surface area contributed by atoms with Crippen molar-refractivity contribution < 1.29 is 24.2 Å². The summed E-state index contributed by atoms with van der Waals surface area (Å²) in [5, 5.41) is 7.83. The number of carbonyl (C=O) groups is 3. The van der Waals surface area contributed by atoms with Gasteiger partial charge in [-0.3, -0.25) is 9.59 Å². The third-order valence-corrected chi connectivity index (χ3v) is 1.82. The Balaban J connectivity index is 0. The highest BCUT2D eigenvalue weighted by Crippen LogP contribution is 2.20.